The van der Waals surface area contributed by atoms with Gasteiger partial charge in [-0.3, -0.25) is 0 Å². The van der Waals surface area contributed by atoms with Crippen LogP contribution in [-0.2, 0) is 14.5 Å². The number of nitrogens with zero attached hydrogens (tertiary/aromatic N) is 1. The van der Waals surface area contributed by atoms with Gasteiger partial charge in [-0.25, -0.2) is 13.8 Å². The molecule has 21 heavy (non-hydrogen) atoms. The highest BCUT2D eigenvalue weighted by Crippen LogP contribution is 2.17. The molecule has 1 amide bonds. The Morgan fingerprint density at radius 1 is 1.24 bits per heavy atom. The molecule has 116 valence electrons. The largest absolute Gasteiger partial charge is 0.478 e. The number of hydrogen-bond donors (Lipinski definition) is 1. The Labute approximate surface area is 124 Å². The quantitative estimate of drug-likeness (QED) is 0.925. The van der Waals surface area contributed by atoms with Crippen LogP contribution in [0.2, 0.25) is 0 Å². The third kappa shape index (κ3) is 4.86. The zero-order chi connectivity index (χ0) is 16.3. The number of carboxylic acids is 1. The van der Waals surface area contributed by atoms with Crippen LogP contribution in [0, 0.1) is 0 Å². The highest BCUT2D eigenvalue weighted by Gasteiger charge is 2.19. The van der Waals surface area contributed by atoms with Crippen LogP contribution in [0.15, 0.2) is 33.5 Å². The predicted molar refractivity (Wildman–Crippen MR) is 79.0 cm³/mol. The number of ether oxygens (including phenoxy) is 1. The number of aromatic carboxylic acids is 1. The summed E-state index contributed by atoms with van der Waals surface area (Å²) in [6.07, 6.45) is -0.892. The summed E-state index contributed by atoms with van der Waals surface area (Å²) in [6.45, 7) is 6.71. The Morgan fingerprint density at radius 3 is 2.14 bits per heavy atom. The summed E-state index contributed by atoms with van der Waals surface area (Å²) >= 11 is 0. The van der Waals surface area contributed by atoms with E-state index >= 15 is 0 Å². The molecule has 6 nitrogen and oxygen atoms in total. The lowest BCUT2D eigenvalue weighted by atomic mass is 10.2. The zero-order valence-corrected chi connectivity index (χ0v) is 13.3. The molecule has 0 saturated heterocycles. The Balaban J connectivity index is 3.17. The molecule has 1 N–H and O–H groups in total. The van der Waals surface area contributed by atoms with Crippen molar-refractivity contribution < 1.29 is 23.6 Å². The van der Waals surface area contributed by atoms with E-state index in [2.05, 4.69) is 4.36 Å². The molecule has 1 rings (SSSR count). The molecule has 0 aliphatic heterocycles. The van der Waals surface area contributed by atoms with Gasteiger partial charge in [-0.05, 0) is 45.0 Å². The number of amides is 1. The third-order valence-corrected chi connectivity index (χ3v) is 4.71. The monoisotopic (exact) mass is 313 g/mol. The maximum atomic E-state index is 12.7. The van der Waals surface area contributed by atoms with E-state index in [-0.39, 0.29) is 11.3 Å². The molecular weight excluding hydrogens is 294 g/mol. The van der Waals surface area contributed by atoms with E-state index in [1.54, 1.807) is 27.7 Å². The van der Waals surface area contributed by atoms with Crippen LogP contribution in [0.3, 0.4) is 0 Å². The first-order chi connectivity index (χ1) is 9.57. The first-order valence-electron chi connectivity index (χ1n) is 6.38. The third-order valence-electron chi connectivity index (χ3n) is 2.48. The number of benzene rings is 1. The molecule has 1 aromatic carbocycles. The number of rotatable bonds is 3. The van der Waals surface area contributed by atoms with Gasteiger partial charge in [0, 0.05) is 10.6 Å². The summed E-state index contributed by atoms with van der Waals surface area (Å²) in [6, 6.07) is 5.47. The second kappa shape index (κ2) is 6.26. The average Bonchev–Trinajstić information content (AvgIpc) is 2.36. The van der Waals surface area contributed by atoms with Gasteiger partial charge in [-0.2, -0.15) is 0 Å². The number of carbonyl (C=O) groups is 2. The second-order valence-corrected chi connectivity index (χ2v) is 7.84. The van der Waals surface area contributed by atoms with Gasteiger partial charge >= 0.3 is 12.1 Å². The fourth-order valence-corrected chi connectivity index (χ4v) is 2.90. The van der Waals surface area contributed by atoms with Crippen LogP contribution in [-0.4, -0.2) is 32.7 Å². The van der Waals surface area contributed by atoms with Crippen molar-refractivity contribution in [3.05, 3.63) is 29.8 Å². The van der Waals surface area contributed by atoms with Crippen LogP contribution >= 0.6 is 0 Å². The smallest absolute Gasteiger partial charge is 0.442 e. The van der Waals surface area contributed by atoms with Crippen LogP contribution in [0.1, 0.15) is 38.1 Å². The van der Waals surface area contributed by atoms with Gasteiger partial charge < -0.3 is 9.84 Å². The molecule has 0 aliphatic rings. The molecule has 0 aliphatic carbocycles. The zero-order valence-electron chi connectivity index (χ0n) is 12.5. The van der Waals surface area contributed by atoms with Gasteiger partial charge in [-0.1, -0.05) is 6.92 Å². The molecule has 0 fully saturated rings. The van der Waals surface area contributed by atoms with E-state index in [1.807, 2.05) is 0 Å². The minimum atomic E-state index is -2.96. The summed E-state index contributed by atoms with van der Waals surface area (Å²) in [7, 11) is -2.96. The summed E-state index contributed by atoms with van der Waals surface area (Å²) < 4.78 is 21.4. The maximum Gasteiger partial charge on any atom is 0.442 e. The molecule has 1 unspecified atom stereocenters. The van der Waals surface area contributed by atoms with Crippen LogP contribution in [0.25, 0.3) is 0 Å². The Bertz CT molecular complexity index is 649. The molecule has 0 spiro atoms. The molecule has 0 heterocycles. The molecule has 7 heteroatoms. The minimum absolute atomic E-state index is 0.0777. The van der Waals surface area contributed by atoms with Crippen molar-refractivity contribution in [3.8, 4) is 0 Å². The molecule has 0 radical (unpaired) electrons. The Hall–Kier alpha value is -1.89. The number of hydrogen-bond acceptors (Lipinski definition) is 4. The molecule has 0 aromatic heterocycles. The normalized spacial score (nSPS) is 14.1. The fourth-order valence-electron chi connectivity index (χ4n) is 1.50. The number of carbonyl (C=O) groups excluding carboxylic acids is 1. The topological polar surface area (TPSA) is 93.0 Å². The van der Waals surface area contributed by atoms with Gasteiger partial charge in [0.25, 0.3) is 0 Å². The van der Waals surface area contributed by atoms with Crippen LogP contribution < -0.4 is 0 Å². The van der Waals surface area contributed by atoms with Crippen molar-refractivity contribution in [2.75, 3.05) is 5.75 Å². The van der Waals surface area contributed by atoms with Gasteiger partial charge in [0.2, 0.25) is 0 Å². The van der Waals surface area contributed by atoms with Gasteiger partial charge in [0.05, 0.1) is 15.3 Å². The lowest BCUT2D eigenvalue weighted by molar-refractivity contribution is 0.0606. The molecule has 1 aromatic rings. The van der Waals surface area contributed by atoms with Gasteiger partial charge in [-0.15, -0.1) is 4.36 Å². The lowest BCUT2D eigenvalue weighted by Crippen LogP contribution is -2.23. The highest BCUT2D eigenvalue weighted by atomic mass is 32.2. The summed E-state index contributed by atoms with van der Waals surface area (Å²) in [5, 5.41) is 8.84. The van der Waals surface area contributed by atoms with Crippen molar-refractivity contribution in [2.45, 2.75) is 38.2 Å². The SMILES string of the molecule is CCS(=O)(=NC(=O)OC(C)(C)C)c1ccc(C(=O)O)cc1. The van der Waals surface area contributed by atoms with Crippen molar-refractivity contribution >= 4 is 21.8 Å². The summed E-state index contributed by atoms with van der Waals surface area (Å²) in [4.78, 5) is 22.8. The first-order valence-corrected chi connectivity index (χ1v) is 8.07. The summed E-state index contributed by atoms with van der Waals surface area (Å²) in [5.74, 6) is -0.952. The second-order valence-electron chi connectivity index (χ2n) is 5.33. The van der Waals surface area contributed by atoms with E-state index < -0.39 is 27.4 Å². The molecular formula is C14H19NO5S. The van der Waals surface area contributed by atoms with E-state index in [1.165, 1.54) is 24.3 Å². The molecule has 1 atom stereocenters. The lowest BCUT2D eigenvalue weighted by Gasteiger charge is -2.18. The van der Waals surface area contributed by atoms with Gasteiger partial charge in [0.1, 0.15) is 5.60 Å². The average molecular weight is 313 g/mol. The standard InChI is InChI=1S/C14H19NO5S/c1-5-21(19,15-13(18)20-14(2,3)4)11-8-6-10(7-9-11)12(16)17/h6-9H,5H2,1-4H3,(H,16,17). The molecule has 0 bridgehead atoms. The Kier molecular flexibility index (Phi) is 5.11. The van der Waals surface area contributed by atoms with E-state index in [0.717, 1.165) is 0 Å². The first kappa shape index (κ1) is 17.2. The number of carboxylic acid groups (broad SMARTS) is 1. The van der Waals surface area contributed by atoms with Crippen LogP contribution in [0.4, 0.5) is 4.79 Å². The van der Waals surface area contributed by atoms with Crippen LogP contribution in [0.5, 0.6) is 0 Å². The van der Waals surface area contributed by atoms with Crippen molar-refractivity contribution in [1.29, 1.82) is 0 Å². The van der Waals surface area contributed by atoms with Crippen molar-refractivity contribution in [2.24, 2.45) is 4.36 Å². The van der Waals surface area contributed by atoms with Crippen molar-refractivity contribution in [1.82, 2.24) is 0 Å². The van der Waals surface area contributed by atoms with E-state index in [4.69, 9.17) is 9.84 Å². The minimum Gasteiger partial charge on any atom is -0.478 e. The maximum absolute atomic E-state index is 12.7. The van der Waals surface area contributed by atoms with E-state index in [0.29, 0.717) is 4.90 Å². The summed E-state index contributed by atoms with van der Waals surface area (Å²) in [5.41, 5.74) is -0.643. The molecule has 0 saturated carbocycles. The van der Waals surface area contributed by atoms with Gasteiger partial charge in [0.15, 0.2) is 0 Å². The van der Waals surface area contributed by atoms with Crippen molar-refractivity contribution in [3.63, 3.8) is 0 Å². The highest BCUT2D eigenvalue weighted by molar-refractivity contribution is 7.93. The van der Waals surface area contributed by atoms with E-state index in [9.17, 15) is 13.8 Å². The fraction of sp³-hybridized carbons (Fsp3) is 0.429. The predicted octanol–water partition coefficient (Wildman–Crippen LogP) is 3.17. The Morgan fingerprint density at radius 2 is 1.76 bits per heavy atom.